The Balaban J connectivity index is 2.01. The van der Waals surface area contributed by atoms with Crippen LogP contribution in [0.25, 0.3) is 0 Å². The van der Waals surface area contributed by atoms with Gasteiger partial charge >= 0.3 is 0 Å². The molecule has 2 unspecified atom stereocenters. The van der Waals surface area contributed by atoms with E-state index in [-0.39, 0.29) is 6.04 Å². The van der Waals surface area contributed by atoms with Crippen molar-refractivity contribution < 1.29 is 0 Å². The van der Waals surface area contributed by atoms with Gasteiger partial charge in [0.2, 0.25) is 0 Å². The van der Waals surface area contributed by atoms with Gasteiger partial charge in [0, 0.05) is 35.6 Å². The van der Waals surface area contributed by atoms with E-state index in [0.29, 0.717) is 12.1 Å². The summed E-state index contributed by atoms with van der Waals surface area (Å²) in [5, 5.41) is 1.25. The lowest BCUT2D eigenvalue weighted by Crippen LogP contribution is -2.44. The summed E-state index contributed by atoms with van der Waals surface area (Å²) in [5.74, 6) is 0. The molecule has 102 valence electrons. The summed E-state index contributed by atoms with van der Waals surface area (Å²) < 4.78 is 0. The second kappa shape index (κ2) is 6.13. The highest BCUT2D eigenvalue weighted by Crippen LogP contribution is 2.26. The molecule has 0 aliphatic carbocycles. The molecule has 0 amide bonds. The minimum atomic E-state index is 0.115. The van der Waals surface area contributed by atoms with Crippen molar-refractivity contribution in [3.63, 3.8) is 0 Å². The Morgan fingerprint density at radius 3 is 2.83 bits per heavy atom. The van der Waals surface area contributed by atoms with Crippen molar-refractivity contribution in [1.82, 2.24) is 9.88 Å². The molecule has 2 rings (SSSR count). The first-order valence-electron chi connectivity index (χ1n) is 7.04. The lowest BCUT2D eigenvalue weighted by Gasteiger charge is -2.38. The maximum absolute atomic E-state index is 5.90. The zero-order valence-electron chi connectivity index (χ0n) is 11.7. The summed E-state index contributed by atoms with van der Waals surface area (Å²) in [4.78, 5) is 8.38. The van der Waals surface area contributed by atoms with E-state index in [2.05, 4.69) is 23.7 Å². The van der Waals surface area contributed by atoms with Gasteiger partial charge in [-0.15, -0.1) is 11.3 Å². The highest BCUT2D eigenvalue weighted by atomic mass is 32.1. The second-order valence-electron chi connectivity index (χ2n) is 5.63. The van der Waals surface area contributed by atoms with E-state index < -0.39 is 0 Å². The van der Waals surface area contributed by atoms with Crippen molar-refractivity contribution in [2.75, 3.05) is 6.54 Å². The van der Waals surface area contributed by atoms with Crippen LogP contribution in [0.15, 0.2) is 6.20 Å². The normalized spacial score (nSPS) is 23.5. The average molecular weight is 267 g/mol. The Morgan fingerprint density at radius 1 is 1.44 bits per heavy atom. The summed E-state index contributed by atoms with van der Waals surface area (Å²) in [7, 11) is 0. The van der Waals surface area contributed by atoms with E-state index in [1.54, 1.807) is 11.3 Å². The van der Waals surface area contributed by atoms with Crippen LogP contribution in [0.1, 0.15) is 56.0 Å². The number of hydrogen-bond acceptors (Lipinski definition) is 4. The van der Waals surface area contributed by atoms with Crippen LogP contribution >= 0.6 is 11.3 Å². The predicted molar refractivity (Wildman–Crippen MR) is 77.9 cm³/mol. The Bertz CT molecular complexity index is 373. The van der Waals surface area contributed by atoms with Crippen molar-refractivity contribution in [2.45, 2.75) is 64.6 Å². The van der Waals surface area contributed by atoms with E-state index in [1.165, 1.54) is 35.7 Å². The van der Waals surface area contributed by atoms with Crippen molar-refractivity contribution in [2.24, 2.45) is 5.73 Å². The zero-order chi connectivity index (χ0) is 13.1. The van der Waals surface area contributed by atoms with E-state index >= 15 is 0 Å². The molecule has 3 nitrogen and oxygen atoms in total. The quantitative estimate of drug-likeness (QED) is 0.912. The van der Waals surface area contributed by atoms with Crippen LogP contribution in [-0.2, 0) is 6.42 Å². The number of hydrogen-bond donors (Lipinski definition) is 1. The average Bonchev–Trinajstić information content (AvgIpc) is 2.78. The number of nitrogens with zero attached hydrogens (tertiary/aromatic N) is 2. The minimum Gasteiger partial charge on any atom is -0.323 e. The van der Waals surface area contributed by atoms with Gasteiger partial charge in [-0.25, -0.2) is 4.98 Å². The van der Waals surface area contributed by atoms with E-state index in [1.807, 2.05) is 13.1 Å². The molecule has 1 aromatic heterocycles. The van der Waals surface area contributed by atoms with Gasteiger partial charge in [-0.1, -0.05) is 6.42 Å². The molecule has 0 saturated carbocycles. The Morgan fingerprint density at radius 2 is 2.22 bits per heavy atom. The Kier molecular flexibility index (Phi) is 4.76. The molecule has 1 aliphatic rings. The molecule has 2 atom stereocenters. The maximum atomic E-state index is 5.90. The van der Waals surface area contributed by atoms with Gasteiger partial charge in [-0.3, -0.25) is 4.90 Å². The van der Waals surface area contributed by atoms with Crippen LogP contribution in [0.4, 0.5) is 0 Å². The van der Waals surface area contributed by atoms with Gasteiger partial charge in [0.25, 0.3) is 0 Å². The molecule has 1 aromatic rings. The molecular formula is C14H25N3S. The molecule has 18 heavy (non-hydrogen) atoms. The first-order chi connectivity index (χ1) is 8.58. The number of piperidine rings is 1. The fourth-order valence-corrected chi connectivity index (χ4v) is 3.70. The van der Waals surface area contributed by atoms with Crippen molar-refractivity contribution in [3.05, 3.63) is 16.1 Å². The molecule has 1 fully saturated rings. The van der Waals surface area contributed by atoms with Crippen LogP contribution in [0.5, 0.6) is 0 Å². The topological polar surface area (TPSA) is 42.1 Å². The Hall–Kier alpha value is -0.450. The Labute approximate surface area is 114 Å². The molecule has 1 aliphatic heterocycles. The van der Waals surface area contributed by atoms with Gasteiger partial charge in [0.1, 0.15) is 0 Å². The van der Waals surface area contributed by atoms with Gasteiger partial charge < -0.3 is 5.73 Å². The third kappa shape index (κ3) is 3.31. The van der Waals surface area contributed by atoms with Crippen molar-refractivity contribution in [1.29, 1.82) is 0 Å². The van der Waals surface area contributed by atoms with Gasteiger partial charge in [-0.05, 0) is 40.2 Å². The highest BCUT2D eigenvalue weighted by Gasteiger charge is 2.25. The van der Waals surface area contributed by atoms with Crippen LogP contribution < -0.4 is 5.73 Å². The summed E-state index contributed by atoms with van der Waals surface area (Å²) in [6.45, 7) is 7.87. The second-order valence-corrected chi connectivity index (χ2v) is 6.78. The fourth-order valence-electron chi connectivity index (χ4n) is 2.75. The summed E-state index contributed by atoms with van der Waals surface area (Å²) in [5.41, 5.74) is 5.90. The number of aromatic nitrogens is 1. The summed E-state index contributed by atoms with van der Waals surface area (Å²) >= 11 is 1.79. The molecule has 0 aromatic carbocycles. The van der Waals surface area contributed by atoms with E-state index in [9.17, 15) is 0 Å². The largest absolute Gasteiger partial charge is 0.323 e. The molecule has 1 saturated heterocycles. The number of nitrogens with two attached hydrogens (primary N) is 1. The molecule has 2 N–H and O–H groups in total. The van der Waals surface area contributed by atoms with Gasteiger partial charge in [0.05, 0.1) is 5.01 Å². The molecule has 0 bridgehead atoms. The van der Waals surface area contributed by atoms with Crippen molar-refractivity contribution >= 4 is 11.3 Å². The van der Waals surface area contributed by atoms with Crippen LogP contribution in [0.3, 0.4) is 0 Å². The van der Waals surface area contributed by atoms with Crippen molar-refractivity contribution in [3.8, 4) is 0 Å². The summed E-state index contributed by atoms with van der Waals surface area (Å²) in [6.07, 6.45) is 7.06. The third-order valence-corrected chi connectivity index (χ3v) is 4.99. The number of thiazole rings is 1. The summed E-state index contributed by atoms with van der Waals surface area (Å²) in [6, 6.07) is 1.43. The molecule has 0 radical (unpaired) electrons. The van der Waals surface area contributed by atoms with E-state index in [0.717, 1.165) is 6.42 Å². The minimum absolute atomic E-state index is 0.115. The molecule has 4 heteroatoms. The highest BCUT2D eigenvalue weighted by molar-refractivity contribution is 7.11. The van der Waals surface area contributed by atoms with Gasteiger partial charge in [0.15, 0.2) is 0 Å². The van der Waals surface area contributed by atoms with E-state index in [4.69, 9.17) is 5.73 Å². The zero-order valence-corrected chi connectivity index (χ0v) is 12.5. The molecule has 0 spiro atoms. The van der Waals surface area contributed by atoms with Crippen LogP contribution in [0, 0.1) is 0 Å². The smallest absolute Gasteiger partial charge is 0.0943 e. The fraction of sp³-hybridized carbons (Fsp3) is 0.786. The SMILES string of the molecule is CC(N)c1cnc(CC2CCCCN2C(C)C)s1. The van der Waals surface area contributed by atoms with Gasteiger partial charge in [-0.2, -0.15) is 0 Å². The molecule has 2 heterocycles. The first kappa shape index (κ1) is 14.0. The van der Waals surface area contributed by atoms with Crippen LogP contribution in [-0.4, -0.2) is 28.5 Å². The maximum Gasteiger partial charge on any atom is 0.0943 e. The third-order valence-electron chi connectivity index (χ3n) is 3.77. The monoisotopic (exact) mass is 267 g/mol. The number of likely N-dealkylation sites (tertiary alicyclic amines) is 1. The predicted octanol–water partition coefficient (Wildman–Crippen LogP) is 2.97. The lowest BCUT2D eigenvalue weighted by atomic mass is 9.98. The first-order valence-corrected chi connectivity index (χ1v) is 7.85. The number of rotatable bonds is 4. The lowest BCUT2D eigenvalue weighted by molar-refractivity contribution is 0.111. The van der Waals surface area contributed by atoms with Crippen LogP contribution in [0.2, 0.25) is 0 Å². The molecular weight excluding hydrogens is 242 g/mol. The standard InChI is InChI=1S/C14H25N3S/c1-10(2)17-7-5-4-6-12(17)8-14-16-9-13(18-14)11(3)15/h9-12H,4-8,15H2,1-3H3.